The van der Waals surface area contributed by atoms with Gasteiger partial charge in [0, 0.05) is 19.6 Å². The number of nitrogens with one attached hydrogen (secondary N) is 1. The minimum Gasteiger partial charge on any atom is -0.375 e. The molecule has 0 spiro atoms. The lowest BCUT2D eigenvalue weighted by Gasteiger charge is -2.31. The summed E-state index contributed by atoms with van der Waals surface area (Å²) in [6, 6.07) is 3.03. The number of rotatable bonds is 5. The molecular formula is C12H20ClIN4O3S2. The van der Waals surface area contributed by atoms with Crippen LogP contribution in [-0.2, 0) is 14.8 Å². The Bertz CT molecular complexity index is 638. The van der Waals surface area contributed by atoms with Crippen molar-refractivity contribution in [3.63, 3.8) is 0 Å². The van der Waals surface area contributed by atoms with Gasteiger partial charge in [0.15, 0.2) is 5.96 Å². The molecule has 132 valence electrons. The maximum absolute atomic E-state index is 12.0. The van der Waals surface area contributed by atoms with E-state index < -0.39 is 10.0 Å². The molecule has 1 unspecified atom stereocenters. The van der Waals surface area contributed by atoms with E-state index in [0.29, 0.717) is 30.0 Å². The molecule has 23 heavy (non-hydrogen) atoms. The van der Waals surface area contributed by atoms with E-state index in [-0.39, 0.29) is 47.4 Å². The number of sulfonamides is 1. The first-order valence-corrected chi connectivity index (χ1v) is 9.48. The minimum absolute atomic E-state index is 0. The van der Waals surface area contributed by atoms with E-state index in [1.165, 1.54) is 6.07 Å². The Morgan fingerprint density at radius 2 is 2.35 bits per heavy atom. The summed E-state index contributed by atoms with van der Waals surface area (Å²) in [6.07, 6.45) is 0.115. The zero-order valence-electron chi connectivity index (χ0n) is 12.6. The normalized spacial score (nSPS) is 19.5. The van der Waals surface area contributed by atoms with Gasteiger partial charge in [-0.05, 0) is 19.1 Å². The molecule has 1 aliphatic heterocycles. The first-order chi connectivity index (χ1) is 10.4. The van der Waals surface area contributed by atoms with Crippen molar-refractivity contribution >= 4 is 62.9 Å². The summed E-state index contributed by atoms with van der Waals surface area (Å²) in [5, 5.41) is 0. The molecule has 1 aliphatic rings. The van der Waals surface area contributed by atoms with Crippen molar-refractivity contribution in [2.75, 3.05) is 32.8 Å². The zero-order valence-corrected chi connectivity index (χ0v) is 17.3. The molecule has 0 aromatic carbocycles. The largest absolute Gasteiger partial charge is 0.375 e. The summed E-state index contributed by atoms with van der Waals surface area (Å²) in [5.74, 6) is 0.411. The van der Waals surface area contributed by atoms with E-state index in [9.17, 15) is 8.42 Å². The van der Waals surface area contributed by atoms with Gasteiger partial charge in [-0.3, -0.25) is 4.99 Å². The molecule has 1 atom stereocenters. The second-order valence-corrected chi connectivity index (χ2v) is 8.53. The van der Waals surface area contributed by atoms with Crippen molar-refractivity contribution < 1.29 is 13.2 Å². The maximum atomic E-state index is 12.0. The van der Waals surface area contributed by atoms with Gasteiger partial charge >= 0.3 is 0 Å². The molecule has 0 radical (unpaired) electrons. The molecule has 2 heterocycles. The van der Waals surface area contributed by atoms with E-state index in [1.54, 1.807) is 6.07 Å². The highest BCUT2D eigenvalue weighted by Gasteiger charge is 2.18. The third-order valence-corrected chi connectivity index (χ3v) is 6.24. The van der Waals surface area contributed by atoms with Gasteiger partial charge in [-0.2, -0.15) is 0 Å². The molecule has 2 rings (SSSR count). The molecule has 0 aliphatic carbocycles. The highest BCUT2D eigenvalue weighted by molar-refractivity contribution is 14.0. The lowest BCUT2D eigenvalue weighted by Crippen LogP contribution is -2.48. The molecule has 7 nitrogen and oxygen atoms in total. The summed E-state index contributed by atoms with van der Waals surface area (Å²) in [5.41, 5.74) is 5.90. The molecule has 11 heteroatoms. The molecular weight excluding hydrogens is 475 g/mol. The van der Waals surface area contributed by atoms with Gasteiger partial charge in [-0.1, -0.05) is 11.6 Å². The maximum Gasteiger partial charge on any atom is 0.250 e. The van der Waals surface area contributed by atoms with Crippen LogP contribution in [0.4, 0.5) is 0 Å². The van der Waals surface area contributed by atoms with Crippen molar-refractivity contribution in [2.45, 2.75) is 17.2 Å². The average Bonchev–Trinajstić information content (AvgIpc) is 2.91. The number of hydrogen-bond donors (Lipinski definition) is 2. The molecule has 0 saturated carbocycles. The molecule has 1 aromatic rings. The van der Waals surface area contributed by atoms with Gasteiger partial charge in [0.1, 0.15) is 4.21 Å². The Balaban J connectivity index is 0.00000264. The number of thiophene rings is 1. The molecule has 1 aromatic heterocycles. The van der Waals surface area contributed by atoms with Crippen molar-refractivity contribution in [2.24, 2.45) is 10.7 Å². The Labute approximate surface area is 162 Å². The van der Waals surface area contributed by atoms with Crippen molar-refractivity contribution in [3.8, 4) is 0 Å². The Hall–Kier alpha value is -0.140. The van der Waals surface area contributed by atoms with Gasteiger partial charge in [-0.15, -0.1) is 35.3 Å². The highest BCUT2D eigenvalue weighted by Crippen LogP contribution is 2.25. The smallest absolute Gasteiger partial charge is 0.250 e. The number of guanidine groups is 1. The second kappa shape index (κ2) is 9.37. The van der Waals surface area contributed by atoms with Gasteiger partial charge in [0.05, 0.1) is 23.6 Å². The number of morpholine rings is 1. The van der Waals surface area contributed by atoms with Crippen LogP contribution in [0, 0.1) is 0 Å². The fourth-order valence-corrected chi connectivity index (χ4v) is 4.54. The third kappa shape index (κ3) is 6.35. The van der Waals surface area contributed by atoms with Crippen molar-refractivity contribution in [3.05, 3.63) is 16.5 Å². The first kappa shape index (κ1) is 20.9. The van der Waals surface area contributed by atoms with Crippen LogP contribution in [0.15, 0.2) is 21.3 Å². The van der Waals surface area contributed by atoms with Gasteiger partial charge in [0.2, 0.25) is 10.0 Å². The minimum atomic E-state index is -3.53. The highest BCUT2D eigenvalue weighted by atomic mass is 127. The average molecular weight is 495 g/mol. The monoisotopic (exact) mass is 494 g/mol. The number of nitrogens with zero attached hydrogens (tertiary/aromatic N) is 2. The Kier molecular flexibility index (Phi) is 8.52. The zero-order chi connectivity index (χ0) is 16.2. The summed E-state index contributed by atoms with van der Waals surface area (Å²) in [6.45, 7) is 4.42. The van der Waals surface area contributed by atoms with Crippen molar-refractivity contribution in [1.29, 1.82) is 0 Å². The van der Waals surface area contributed by atoms with E-state index in [4.69, 9.17) is 22.1 Å². The fraction of sp³-hybridized carbons (Fsp3) is 0.583. The lowest BCUT2D eigenvalue weighted by atomic mass is 10.3. The summed E-state index contributed by atoms with van der Waals surface area (Å²) >= 11 is 6.75. The van der Waals surface area contributed by atoms with E-state index in [2.05, 4.69) is 9.71 Å². The van der Waals surface area contributed by atoms with E-state index in [1.807, 2.05) is 11.8 Å². The standard InChI is InChI=1S/C12H19ClN4O3S2.HI/c1-9-8-17(6-7-20-9)12(14)15-4-5-16-22(18,19)11-3-2-10(13)21-11;/h2-3,9,16H,4-8H2,1H3,(H2,14,15);1H. The van der Waals surface area contributed by atoms with E-state index in [0.717, 1.165) is 11.3 Å². The quantitative estimate of drug-likeness (QED) is 0.279. The van der Waals surface area contributed by atoms with Gasteiger partial charge in [0.25, 0.3) is 0 Å². The predicted octanol–water partition coefficient (Wildman–Crippen LogP) is 1.33. The fourth-order valence-electron chi connectivity index (χ4n) is 1.99. The first-order valence-electron chi connectivity index (χ1n) is 6.80. The van der Waals surface area contributed by atoms with Crippen LogP contribution in [0.3, 0.4) is 0 Å². The summed E-state index contributed by atoms with van der Waals surface area (Å²) < 4.78 is 32.5. The van der Waals surface area contributed by atoms with Crippen LogP contribution in [-0.4, -0.2) is 58.2 Å². The SMILES string of the molecule is CC1CN(C(N)=NCCNS(=O)(=O)c2ccc(Cl)s2)CCO1.I. The molecule has 1 fully saturated rings. The van der Waals surface area contributed by atoms with Gasteiger partial charge in [-0.25, -0.2) is 13.1 Å². The Morgan fingerprint density at radius 1 is 1.61 bits per heavy atom. The van der Waals surface area contributed by atoms with Gasteiger partial charge < -0.3 is 15.4 Å². The number of halogens is 2. The molecule has 3 N–H and O–H groups in total. The predicted molar refractivity (Wildman–Crippen MR) is 103 cm³/mol. The van der Waals surface area contributed by atoms with Crippen LogP contribution >= 0.6 is 46.9 Å². The lowest BCUT2D eigenvalue weighted by molar-refractivity contribution is 0.00530. The topological polar surface area (TPSA) is 97.0 Å². The van der Waals surface area contributed by atoms with Crippen LogP contribution < -0.4 is 10.5 Å². The summed E-state index contributed by atoms with van der Waals surface area (Å²) in [4.78, 5) is 6.13. The number of nitrogens with two attached hydrogens (primary N) is 1. The molecule has 1 saturated heterocycles. The van der Waals surface area contributed by atoms with Crippen molar-refractivity contribution in [1.82, 2.24) is 9.62 Å². The summed E-state index contributed by atoms with van der Waals surface area (Å²) in [7, 11) is -3.53. The third-order valence-electron chi connectivity index (χ3n) is 3.06. The number of ether oxygens (including phenoxy) is 1. The number of aliphatic imine (C=N–C) groups is 1. The van der Waals surface area contributed by atoms with Crippen LogP contribution in [0.5, 0.6) is 0 Å². The Morgan fingerprint density at radius 3 is 2.96 bits per heavy atom. The molecule has 0 bridgehead atoms. The van der Waals surface area contributed by atoms with Crippen LogP contribution in [0.1, 0.15) is 6.92 Å². The van der Waals surface area contributed by atoms with Crippen LogP contribution in [0.25, 0.3) is 0 Å². The second-order valence-electron chi connectivity index (χ2n) is 4.82. The molecule has 0 amide bonds. The van der Waals surface area contributed by atoms with Crippen LogP contribution in [0.2, 0.25) is 4.34 Å². The van der Waals surface area contributed by atoms with E-state index >= 15 is 0 Å². The number of hydrogen-bond acceptors (Lipinski definition) is 5.